The summed E-state index contributed by atoms with van der Waals surface area (Å²) in [6.45, 7) is 3.44. The van der Waals surface area contributed by atoms with Crippen molar-refractivity contribution >= 4 is 17.7 Å². The molecule has 9 heteroatoms. The first kappa shape index (κ1) is 21.0. The van der Waals surface area contributed by atoms with Gasteiger partial charge in [-0.25, -0.2) is 14.5 Å². The molecule has 162 valence electrons. The van der Waals surface area contributed by atoms with Gasteiger partial charge >= 0.3 is 5.97 Å². The van der Waals surface area contributed by atoms with Crippen molar-refractivity contribution in [2.24, 2.45) is 0 Å². The van der Waals surface area contributed by atoms with Crippen LogP contribution in [0.1, 0.15) is 29.7 Å². The third-order valence-electron chi connectivity index (χ3n) is 4.61. The molecule has 0 fully saturated rings. The number of nitrogens with zero attached hydrogens (tertiary/aromatic N) is 4. The Hall–Kier alpha value is -4.27. The van der Waals surface area contributed by atoms with Crippen molar-refractivity contribution in [1.82, 2.24) is 19.9 Å². The number of carbonyl (C=O) groups is 2. The van der Waals surface area contributed by atoms with Crippen LogP contribution >= 0.6 is 0 Å². The summed E-state index contributed by atoms with van der Waals surface area (Å²) in [5.41, 5.74) is 1.53. The van der Waals surface area contributed by atoms with E-state index in [9.17, 15) is 9.59 Å². The quantitative estimate of drug-likeness (QED) is 0.443. The monoisotopic (exact) mass is 431 g/mol. The van der Waals surface area contributed by atoms with Crippen LogP contribution in [-0.4, -0.2) is 37.9 Å². The summed E-state index contributed by atoms with van der Waals surface area (Å²) in [4.78, 5) is 29.8. The first-order valence-corrected chi connectivity index (χ1v) is 10.1. The minimum absolute atomic E-state index is 0.142. The molecule has 4 aromatic rings. The average Bonchev–Trinajstić information content (AvgIpc) is 3.45. The molecular weight excluding hydrogens is 410 g/mol. The number of carbonyl (C=O) groups excluding carboxylic acids is 2. The molecule has 2 heterocycles. The minimum Gasteiger partial charge on any atom is -0.446 e. The van der Waals surface area contributed by atoms with Crippen LogP contribution in [0, 0.1) is 6.92 Å². The topological polar surface area (TPSA) is 112 Å². The first-order valence-electron chi connectivity index (χ1n) is 10.1. The zero-order valence-electron chi connectivity index (χ0n) is 17.6. The smallest absolute Gasteiger partial charge is 0.379 e. The molecule has 4 rings (SSSR count). The molecular formula is C23H21N5O4. The van der Waals surface area contributed by atoms with Crippen LogP contribution in [0.25, 0.3) is 17.1 Å². The van der Waals surface area contributed by atoms with Crippen molar-refractivity contribution in [2.45, 2.75) is 26.4 Å². The number of anilines is 1. The van der Waals surface area contributed by atoms with E-state index in [1.165, 1.54) is 0 Å². The van der Waals surface area contributed by atoms with Crippen LogP contribution in [0.4, 0.5) is 5.82 Å². The molecule has 9 nitrogen and oxygen atoms in total. The third-order valence-corrected chi connectivity index (χ3v) is 4.61. The van der Waals surface area contributed by atoms with Crippen LogP contribution in [0.5, 0.6) is 0 Å². The van der Waals surface area contributed by atoms with E-state index in [0.29, 0.717) is 11.6 Å². The Morgan fingerprint density at radius 2 is 1.78 bits per heavy atom. The van der Waals surface area contributed by atoms with E-state index in [1.54, 1.807) is 24.6 Å². The van der Waals surface area contributed by atoms with Crippen LogP contribution in [-0.2, 0) is 9.53 Å². The van der Waals surface area contributed by atoms with E-state index in [-0.39, 0.29) is 18.1 Å². The molecule has 32 heavy (non-hydrogen) atoms. The second-order valence-electron chi connectivity index (χ2n) is 6.99. The molecule has 0 aliphatic carbocycles. The summed E-state index contributed by atoms with van der Waals surface area (Å²) in [7, 11) is 0. The Bertz CT molecular complexity index is 1160. The average molecular weight is 431 g/mol. The fourth-order valence-electron chi connectivity index (χ4n) is 3.06. The van der Waals surface area contributed by atoms with E-state index in [2.05, 4.69) is 20.6 Å². The van der Waals surface area contributed by atoms with Crippen molar-refractivity contribution in [3.05, 3.63) is 78.3 Å². The molecule has 2 aromatic carbocycles. The lowest BCUT2D eigenvalue weighted by atomic mass is 10.2. The molecule has 1 amide bonds. The number of aromatic nitrogens is 4. The second-order valence-corrected chi connectivity index (χ2v) is 6.99. The summed E-state index contributed by atoms with van der Waals surface area (Å²) < 4.78 is 11.9. The summed E-state index contributed by atoms with van der Waals surface area (Å²) in [6.07, 6.45) is -0.775. The van der Waals surface area contributed by atoms with Crippen molar-refractivity contribution < 1.29 is 18.8 Å². The summed E-state index contributed by atoms with van der Waals surface area (Å²) >= 11 is 0. The van der Waals surface area contributed by atoms with Gasteiger partial charge in [-0.3, -0.25) is 4.79 Å². The lowest BCUT2D eigenvalue weighted by molar-refractivity contribution is -0.124. The van der Waals surface area contributed by atoms with E-state index in [4.69, 9.17) is 9.26 Å². The van der Waals surface area contributed by atoms with Gasteiger partial charge in [-0.15, -0.1) is 5.10 Å². The van der Waals surface area contributed by atoms with E-state index >= 15 is 0 Å². The number of nitrogens with one attached hydrogen (secondary N) is 1. The first-order chi connectivity index (χ1) is 15.5. The Kier molecular flexibility index (Phi) is 6.07. The molecule has 0 aliphatic rings. The molecule has 0 spiro atoms. The lowest BCUT2D eigenvalue weighted by Gasteiger charge is -2.13. The highest BCUT2D eigenvalue weighted by molar-refractivity contribution is 5.96. The minimum atomic E-state index is -1.04. The van der Waals surface area contributed by atoms with Gasteiger partial charge in [-0.05, 0) is 25.5 Å². The van der Waals surface area contributed by atoms with Crippen molar-refractivity contribution in [2.75, 3.05) is 5.32 Å². The fourth-order valence-corrected chi connectivity index (χ4v) is 3.06. The normalized spacial score (nSPS) is 11.7. The maximum Gasteiger partial charge on any atom is 0.379 e. The largest absolute Gasteiger partial charge is 0.446 e. The number of benzene rings is 2. The number of para-hydroxylation sites is 1. The van der Waals surface area contributed by atoms with Gasteiger partial charge in [0, 0.05) is 11.6 Å². The van der Waals surface area contributed by atoms with Crippen LogP contribution in [0.15, 0.2) is 71.3 Å². The number of rotatable bonds is 7. The summed E-state index contributed by atoms with van der Waals surface area (Å²) in [5, 5.41) is 10.7. The van der Waals surface area contributed by atoms with Crippen LogP contribution in [0.2, 0.25) is 0 Å². The molecule has 0 saturated carbocycles. The van der Waals surface area contributed by atoms with Crippen molar-refractivity contribution in [3.8, 4) is 17.1 Å². The molecule has 1 N–H and O–H groups in total. The maximum atomic E-state index is 12.8. The molecule has 0 radical (unpaired) electrons. The zero-order valence-corrected chi connectivity index (χ0v) is 17.6. The molecule has 0 saturated heterocycles. The molecule has 1 atom stereocenters. The highest BCUT2D eigenvalue weighted by atomic mass is 16.5. The number of aryl methyl sites for hydroxylation is 1. The number of amides is 1. The third kappa shape index (κ3) is 4.56. The van der Waals surface area contributed by atoms with Crippen molar-refractivity contribution in [1.29, 1.82) is 0 Å². The predicted molar refractivity (Wildman–Crippen MR) is 116 cm³/mol. The summed E-state index contributed by atoms with van der Waals surface area (Å²) in [5.74, 6) is -0.167. The van der Waals surface area contributed by atoms with Gasteiger partial charge < -0.3 is 14.6 Å². The van der Waals surface area contributed by atoms with Gasteiger partial charge in [0.15, 0.2) is 17.7 Å². The number of hydrogen-bond donors (Lipinski definition) is 1. The second kappa shape index (κ2) is 9.25. The Morgan fingerprint density at radius 1 is 1.09 bits per heavy atom. The molecule has 0 unspecified atom stereocenters. The Balaban J connectivity index is 1.59. The van der Waals surface area contributed by atoms with Crippen LogP contribution in [0.3, 0.4) is 0 Å². The van der Waals surface area contributed by atoms with E-state index in [1.807, 2.05) is 60.7 Å². The number of esters is 1. The molecule has 0 bridgehead atoms. The van der Waals surface area contributed by atoms with Crippen molar-refractivity contribution in [3.63, 3.8) is 0 Å². The van der Waals surface area contributed by atoms with Gasteiger partial charge in [-0.1, -0.05) is 60.6 Å². The van der Waals surface area contributed by atoms with Crippen LogP contribution < -0.4 is 5.32 Å². The lowest BCUT2D eigenvalue weighted by Crippen LogP contribution is -2.32. The predicted octanol–water partition coefficient (Wildman–Crippen LogP) is 3.80. The zero-order chi connectivity index (χ0) is 22.5. The van der Waals surface area contributed by atoms with E-state index in [0.717, 1.165) is 11.3 Å². The Labute approximate surface area is 184 Å². The van der Waals surface area contributed by atoms with Gasteiger partial charge in [0.1, 0.15) is 5.76 Å². The standard InChI is InChI=1S/C23H21N5O4/c1-3-18(22(29)24-19-14-15(2)32-27-19)31-23(30)20-25-21(16-10-6-4-7-11-16)28(26-20)17-12-8-5-9-13-17/h4-14,18H,3H2,1-2H3,(H,24,27,29)/t18-/m0/s1. The fraction of sp³-hybridized carbons (Fsp3) is 0.174. The highest BCUT2D eigenvalue weighted by Gasteiger charge is 2.26. The van der Waals surface area contributed by atoms with Gasteiger partial charge in [0.2, 0.25) is 0 Å². The van der Waals surface area contributed by atoms with Gasteiger partial charge in [-0.2, -0.15) is 0 Å². The number of hydrogen-bond acceptors (Lipinski definition) is 7. The molecule has 0 aliphatic heterocycles. The highest BCUT2D eigenvalue weighted by Crippen LogP contribution is 2.21. The number of ether oxygens (including phenoxy) is 1. The maximum absolute atomic E-state index is 12.8. The molecule has 2 aromatic heterocycles. The van der Waals surface area contributed by atoms with Gasteiger partial charge in [0.05, 0.1) is 5.69 Å². The van der Waals surface area contributed by atoms with Gasteiger partial charge in [0.25, 0.3) is 11.7 Å². The summed E-state index contributed by atoms with van der Waals surface area (Å²) in [6, 6.07) is 20.3. The SMILES string of the molecule is CC[C@H](OC(=O)c1nc(-c2ccccc2)n(-c2ccccc2)n1)C(=O)Nc1cc(C)on1. The van der Waals surface area contributed by atoms with E-state index < -0.39 is 18.0 Å². The Morgan fingerprint density at radius 3 is 2.41 bits per heavy atom.